The third-order valence-corrected chi connectivity index (χ3v) is 4.28. The van der Waals surface area contributed by atoms with Crippen LogP contribution in [0.15, 0.2) is 59.7 Å². The Bertz CT molecular complexity index is 626. The lowest BCUT2D eigenvalue weighted by Gasteiger charge is -2.25. The van der Waals surface area contributed by atoms with Crippen LogP contribution in [0.1, 0.15) is 36.8 Å². The third kappa shape index (κ3) is 3.14. The van der Waals surface area contributed by atoms with E-state index in [1.807, 2.05) is 18.2 Å². The van der Waals surface area contributed by atoms with Crippen molar-refractivity contribution in [1.82, 2.24) is 0 Å². The van der Waals surface area contributed by atoms with Crippen molar-refractivity contribution < 1.29 is 0 Å². The first-order valence-electron chi connectivity index (χ1n) is 8.08. The molecule has 1 aliphatic heterocycles. The van der Waals surface area contributed by atoms with E-state index >= 15 is 0 Å². The molecule has 114 valence electrons. The fourth-order valence-corrected chi connectivity index (χ4v) is 3.16. The van der Waals surface area contributed by atoms with E-state index in [-0.39, 0.29) is 0 Å². The second-order valence-electron chi connectivity index (χ2n) is 5.76. The van der Waals surface area contributed by atoms with E-state index in [1.54, 1.807) is 0 Å². The number of anilines is 1. The van der Waals surface area contributed by atoms with Gasteiger partial charge in [-0.05, 0) is 18.9 Å². The number of nitrogens with zero attached hydrogens (tertiary/aromatic N) is 2. The lowest BCUT2D eigenvalue weighted by molar-refractivity contribution is 0.726. The van der Waals surface area contributed by atoms with Crippen LogP contribution < -0.4 is 10.7 Å². The Balaban J connectivity index is 2.00. The SMILES string of the molecule is N/N=C(\c1ccccc1)c1ccccc1N1CCCCCC1. The van der Waals surface area contributed by atoms with Gasteiger partial charge in [-0.3, -0.25) is 0 Å². The third-order valence-electron chi connectivity index (χ3n) is 4.28. The first-order chi connectivity index (χ1) is 10.9. The van der Waals surface area contributed by atoms with E-state index in [0.717, 1.165) is 29.9 Å². The summed E-state index contributed by atoms with van der Waals surface area (Å²) in [4.78, 5) is 2.48. The highest BCUT2D eigenvalue weighted by Gasteiger charge is 2.17. The van der Waals surface area contributed by atoms with E-state index in [2.05, 4.69) is 46.4 Å². The molecular weight excluding hydrogens is 270 g/mol. The van der Waals surface area contributed by atoms with Gasteiger partial charge >= 0.3 is 0 Å². The Hall–Kier alpha value is -2.29. The van der Waals surface area contributed by atoms with Crippen molar-refractivity contribution in [2.45, 2.75) is 25.7 Å². The van der Waals surface area contributed by atoms with Crippen LogP contribution in [0.3, 0.4) is 0 Å². The van der Waals surface area contributed by atoms with Gasteiger partial charge in [0.1, 0.15) is 0 Å². The predicted molar refractivity (Wildman–Crippen MR) is 93.4 cm³/mol. The van der Waals surface area contributed by atoms with Gasteiger partial charge in [0.25, 0.3) is 0 Å². The molecule has 1 fully saturated rings. The summed E-state index contributed by atoms with van der Waals surface area (Å²) in [5, 5.41) is 4.10. The van der Waals surface area contributed by atoms with Gasteiger partial charge in [-0.15, -0.1) is 0 Å². The van der Waals surface area contributed by atoms with Crippen LogP contribution in [-0.2, 0) is 0 Å². The van der Waals surface area contributed by atoms with Gasteiger partial charge in [-0.1, -0.05) is 61.4 Å². The van der Waals surface area contributed by atoms with Crippen LogP contribution in [0.4, 0.5) is 5.69 Å². The van der Waals surface area contributed by atoms with Gasteiger partial charge in [-0.2, -0.15) is 5.10 Å². The molecule has 3 nitrogen and oxygen atoms in total. The number of hydrazone groups is 1. The average molecular weight is 293 g/mol. The maximum absolute atomic E-state index is 5.74. The molecule has 0 spiro atoms. The van der Waals surface area contributed by atoms with Crippen molar-refractivity contribution in [3.05, 3.63) is 65.7 Å². The largest absolute Gasteiger partial charge is 0.371 e. The molecule has 0 aromatic heterocycles. The zero-order valence-electron chi connectivity index (χ0n) is 12.9. The van der Waals surface area contributed by atoms with Crippen molar-refractivity contribution in [2.75, 3.05) is 18.0 Å². The number of benzene rings is 2. The van der Waals surface area contributed by atoms with Crippen molar-refractivity contribution in [3.8, 4) is 0 Å². The molecule has 1 saturated heterocycles. The summed E-state index contributed by atoms with van der Waals surface area (Å²) in [6.07, 6.45) is 5.17. The molecule has 0 bridgehead atoms. The number of nitrogens with two attached hydrogens (primary N) is 1. The minimum Gasteiger partial charge on any atom is -0.371 e. The summed E-state index contributed by atoms with van der Waals surface area (Å²) in [7, 11) is 0. The van der Waals surface area contributed by atoms with Crippen LogP contribution in [0.5, 0.6) is 0 Å². The maximum Gasteiger partial charge on any atom is 0.0992 e. The quantitative estimate of drug-likeness (QED) is 0.531. The van der Waals surface area contributed by atoms with Crippen LogP contribution in [0.25, 0.3) is 0 Å². The summed E-state index contributed by atoms with van der Waals surface area (Å²) in [6, 6.07) is 18.7. The van der Waals surface area contributed by atoms with E-state index in [9.17, 15) is 0 Å². The van der Waals surface area contributed by atoms with Crippen molar-refractivity contribution in [3.63, 3.8) is 0 Å². The Kier molecular flexibility index (Phi) is 4.74. The lowest BCUT2D eigenvalue weighted by Crippen LogP contribution is -2.26. The van der Waals surface area contributed by atoms with Crippen molar-refractivity contribution in [2.24, 2.45) is 10.9 Å². The highest BCUT2D eigenvalue weighted by molar-refractivity contribution is 6.15. The molecule has 0 radical (unpaired) electrons. The van der Waals surface area contributed by atoms with Gasteiger partial charge in [0, 0.05) is 29.9 Å². The number of hydrogen-bond acceptors (Lipinski definition) is 3. The van der Waals surface area contributed by atoms with Gasteiger partial charge < -0.3 is 10.7 Å². The van der Waals surface area contributed by atoms with Gasteiger partial charge in [0.2, 0.25) is 0 Å². The number of hydrogen-bond donors (Lipinski definition) is 1. The summed E-state index contributed by atoms with van der Waals surface area (Å²) >= 11 is 0. The molecule has 3 rings (SSSR count). The van der Waals surface area contributed by atoms with E-state index in [1.165, 1.54) is 31.4 Å². The summed E-state index contributed by atoms with van der Waals surface area (Å²) in [5.74, 6) is 5.74. The smallest absolute Gasteiger partial charge is 0.0992 e. The maximum atomic E-state index is 5.74. The Labute approximate surface area is 132 Å². The van der Waals surface area contributed by atoms with Crippen LogP contribution in [0.2, 0.25) is 0 Å². The topological polar surface area (TPSA) is 41.6 Å². The Morgan fingerprint density at radius 1 is 0.818 bits per heavy atom. The average Bonchev–Trinajstić information content (AvgIpc) is 2.86. The molecule has 0 saturated carbocycles. The summed E-state index contributed by atoms with van der Waals surface area (Å²) in [6.45, 7) is 2.23. The highest BCUT2D eigenvalue weighted by Crippen LogP contribution is 2.26. The van der Waals surface area contributed by atoms with Gasteiger partial charge in [0.15, 0.2) is 0 Å². The highest BCUT2D eigenvalue weighted by atomic mass is 15.1. The molecule has 0 amide bonds. The summed E-state index contributed by atoms with van der Waals surface area (Å²) in [5.41, 5.74) is 4.29. The Morgan fingerprint density at radius 3 is 2.14 bits per heavy atom. The molecule has 0 atom stereocenters. The zero-order valence-corrected chi connectivity index (χ0v) is 12.9. The molecule has 1 heterocycles. The lowest BCUT2D eigenvalue weighted by atomic mass is 10.00. The monoisotopic (exact) mass is 293 g/mol. The molecule has 1 aliphatic rings. The summed E-state index contributed by atoms with van der Waals surface area (Å²) < 4.78 is 0. The number of rotatable bonds is 3. The molecular formula is C19H23N3. The Morgan fingerprint density at radius 2 is 1.45 bits per heavy atom. The standard InChI is InChI=1S/C19H23N3/c20-21-19(16-10-4-3-5-11-16)17-12-6-7-13-18(17)22-14-8-1-2-9-15-22/h3-7,10-13H,1-2,8-9,14-15,20H2/b21-19+. The minimum atomic E-state index is 0.862. The van der Waals surface area contributed by atoms with E-state index in [4.69, 9.17) is 5.84 Å². The minimum absolute atomic E-state index is 0.862. The van der Waals surface area contributed by atoms with E-state index < -0.39 is 0 Å². The molecule has 2 N–H and O–H groups in total. The molecule has 2 aromatic rings. The van der Waals surface area contributed by atoms with Crippen LogP contribution >= 0.6 is 0 Å². The van der Waals surface area contributed by atoms with E-state index in [0.29, 0.717) is 0 Å². The first kappa shape index (κ1) is 14.6. The fraction of sp³-hybridized carbons (Fsp3) is 0.316. The first-order valence-corrected chi connectivity index (χ1v) is 8.08. The van der Waals surface area contributed by atoms with Crippen LogP contribution in [-0.4, -0.2) is 18.8 Å². The van der Waals surface area contributed by atoms with Gasteiger partial charge in [0.05, 0.1) is 5.71 Å². The molecule has 3 heteroatoms. The second kappa shape index (κ2) is 7.12. The zero-order chi connectivity index (χ0) is 15.2. The molecule has 22 heavy (non-hydrogen) atoms. The predicted octanol–water partition coefficient (Wildman–Crippen LogP) is 3.78. The second-order valence-corrected chi connectivity index (χ2v) is 5.76. The van der Waals surface area contributed by atoms with Crippen LogP contribution in [0, 0.1) is 0 Å². The van der Waals surface area contributed by atoms with Crippen molar-refractivity contribution >= 4 is 11.4 Å². The normalized spacial score (nSPS) is 16.4. The molecule has 0 unspecified atom stereocenters. The number of para-hydroxylation sites is 1. The fourth-order valence-electron chi connectivity index (χ4n) is 3.16. The van der Waals surface area contributed by atoms with Gasteiger partial charge in [-0.25, -0.2) is 0 Å². The van der Waals surface area contributed by atoms with Crippen molar-refractivity contribution in [1.29, 1.82) is 0 Å². The molecule has 0 aliphatic carbocycles. The molecule has 2 aromatic carbocycles.